The third-order valence-corrected chi connectivity index (χ3v) is 4.34. The predicted octanol–water partition coefficient (Wildman–Crippen LogP) is 2.74. The summed E-state index contributed by atoms with van der Waals surface area (Å²) in [5, 5.41) is 21.3. The van der Waals surface area contributed by atoms with Gasteiger partial charge in [-0.3, -0.25) is 0 Å². The molecule has 7 nitrogen and oxygen atoms in total. The monoisotopic (exact) mass is 381 g/mol. The maximum atomic E-state index is 10.7. The number of nitrogens with zero attached hydrogens (tertiary/aromatic N) is 3. The number of aryl methyl sites for hydroxylation is 1. The summed E-state index contributed by atoms with van der Waals surface area (Å²) in [5.74, 6) is 1.94. The van der Waals surface area contributed by atoms with Gasteiger partial charge in [-0.15, -0.1) is 0 Å². The van der Waals surface area contributed by atoms with Crippen molar-refractivity contribution >= 4 is 5.96 Å². The minimum Gasteiger partial charge on any atom is -0.463 e. The van der Waals surface area contributed by atoms with Crippen molar-refractivity contribution < 1.29 is 9.52 Å². The quantitative estimate of drug-likeness (QED) is 0.433. The molecule has 0 saturated carbocycles. The van der Waals surface area contributed by atoms with E-state index in [1.807, 2.05) is 61.1 Å². The highest BCUT2D eigenvalue weighted by Crippen LogP contribution is 2.21. The van der Waals surface area contributed by atoms with Gasteiger partial charge in [-0.2, -0.15) is 5.10 Å². The van der Waals surface area contributed by atoms with Gasteiger partial charge in [0.2, 0.25) is 0 Å². The van der Waals surface area contributed by atoms with E-state index in [4.69, 9.17) is 4.42 Å². The van der Waals surface area contributed by atoms with Crippen molar-refractivity contribution in [2.45, 2.75) is 32.9 Å². The molecule has 0 saturated heterocycles. The predicted molar refractivity (Wildman–Crippen MR) is 109 cm³/mol. The van der Waals surface area contributed by atoms with Crippen LogP contribution in [-0.2, 0) is 12.1 Å². The second-order valence-corrected chi connectivity index (χ2v) is 6.85. The first-order valence-corrected chi connectivity index (χ1v) is 9.38. The summed E-state index contributed by atoms with van der Waals surface area (Å²) < 4.78 is 7.37. The molecule has 0 bridgehead atoms. The Morgan fingerprint density at radius 3 is 2.61 bits per heavy atom. The Balaban J connectivity index is 1.62. The van der Waals surface area contributed by atoms with Crippen LogP contribution < -0.4 is 10.6 Å². The lowest BCUT2D eigenvalue weighted by molar-refractivity contribution is 0.0378. The van der Waals surface area contributed by atoms with E-state index >= 15 is 0 Å². The number of hydrogen-bond acceptors (Lipinski definition) is 4. The van der Waals surface area contributed by atoms with E-state index in [1.165, 1.54) is 0 Å². The van der Waals surface area contributed by atoms with Crippen molar-refractivity contribution in [3.8, 4) is 5.69 Å². The lowest BCUT2D eigenvalue weighted by Gasteiger charge is -2.22. The molecular weight excluding hydrogens is 354 g/mol. The van der Waals surface area contributed by atoms with E-state index < -0.39 is 5.60 Å². The zero-order valence-corrected chi connectivity index (χ0v) is 16.5. The molecule has 1 atom stereocenters. The Labute approximate surface area is 165 Å². The van der Waals surface area contributed by atoms with Crippen molar-refractivity contribution in [1.29, 1.82) is 0 Å². The average molecular weight is 381 g/mol. The Kier molecular flexibility index (Phi) is 6.16. The fraction of sp³-hybridized carbons (Fsp3) is 0.333. The third kappa shape index (κ3) is 5.01. The van der Waals surface area contributed by atoms with Crippen LogP contribution in [0.5, 0.6) is 0 Å². The number of nitrogens with one attached hydrogen (secondary N) is 2. The molecule has 2 aromatic heterocycles. The largest absolute Gasteiger partial charge is 0.463 e. The molecule has 3 aromatic rings. The highest BCUT2D eigenvalue weighted by molar-refractivity contribution is 5.79. The van der Waals surface area contributed by atoms with Crippen molar-refractivity contribution in [2.24, 2.45) is 4.99 Å². The SMILES string of the molecule is CCNC(=NCc1ccc(-n2cccn2)cc1)NCC(C)(O)c1ccc(C)o1. The average Bonchev–Trinajstić information content (AvgIpc) is 3.37. The second-order valence-electron chi connectivity index (χ2n) is 6.85. The van der Waals surface area contributed by atoms with Gasteiger partial charge in [0, 0.05) is 18.9 Å². The molecule has 3 rings (SSSR count). The molecule has 0 aliphatic heterocycles. The van der Waals surface area contributed by atoms with Crippen molar-refractivity contribution in [1.82, 2.24) is 20.4 Å². The van der Waals surface area contributed by atoms with E-state index in [0.29, 0.717) is 18.3 Å². The zero-order valence-electron chi connectivity index (χ0n) is 16.5. The molecule has 2 heterocycles. The van der Waals surface area contributed by atoms with E-state index in [1.54, 1.807) is 19.2 Å². The highest BCUT2D eigenvalue weighted by atomic mass is 16.4. The van der Waals surface area contributed by atoms with Crippen LogP contribution in [0.15, 0.2) is 64.3 Å². The molecular formula is C21H27N5O2. The topological polar surface area (TPSA) is 87.6 Å². The van der Waals surface area contributed by atoms with Gasteiger partial charge in [0.25, 0.3) is 0 Å². The van der Waals surface area contributed by atoms with Crippen LogP contribution in [0.4, 0.5) is 0 Å². The molecule has 0 fully saturated rings. The summed E-state index contributed by atoms with van der Waals surface area (Å²) in [6.07, 6.45) is 3.66. The first-order chi connectivity index (χ1) is 13.5. The lowest BCUT2D eigenvalue weighted by atomic mass is 10.0. The number of guanidine groups is 1. The maximum absolute atomic E-state index is 10.7. The van der Waals surface area contributed by atoms with Gasteiger partial charge in [-0.25, -0.2) is 9.67 Å². The second kappa shape index (κ2) is 8.75. The standard InChI is InChI=1S/C21H27N5O2/c1-4-22-20(24-15-21(3,27)19-11-6-16(2)28-19)23-14-17-7-9-18(10-8-17)26-13-5-12-25-26/h5-13,27H,4,14-15H2,1-3H3,(H2,22,23,24). The van der Waals surface area contributed by atoms with Crippen LogP contribution in [0.25, 0.3) is 5.69 Å². The molecule has 1 aromatic carbocycles. The molecule has 0 spiro atoms. The van der Waals surface area contributed by atoms with Crippen LogP contribution in [0, 0.1) is 6.92 Å². The summed E-state index contributed by atoms with van der Waals surface area (Å²) in [5.41, 5.74) is 0.963. The molecule has 1 unspecified atom stereocenters. The number of hydrogen-bond donors (Lipinski definition) is 3. The molecule has 28 heavy (non-hydrogen) atoms. The Bertz CT molecular complexity index is 895. The number of aliphatic imine (C=N–C) groups is 1. The molecule has 0 radical (unpaired) electrons. The van der Waals surface area contributed by atoms with Crippen LogP contribution in [0.3, 0.4) is 0 Å². The summed E-state index contributed by atoms with van der Waals surface area (Å²) >= 11 is 0. The van der Waals surface area contributed by atoms with E-state index in [2.05, 4.69) is 20.7 Å². The van der Waals surface area contributed by atoms with E-state index in [0.717, 1.165) is 23.6 Å². The van der Waals surface area contributed by atoms with Crippen molar-refractivity contribution in [3.05, 3.63) is 71.9 Å². The molecule has 0 amide bonds. The minimum absolute atomic E-state index is 0.282. The highest BCUT2D eigenvalue weighted by Gasteiger charge is 2.27. The van der Waals surface area contributed by atoms with Crippen molar-refractivity contribution in [2.75, 3.05) is 13.1 Å². The smallest absolute Gasteiger partial charge is 0.191 e. The fourth-order valence-corrected chi connectivity index (χ4v) is 2.75. The lowest BCUT2D eigenvalue weighted by Crippen LogP contribution is -2.44. The Morgan fingerprint density at radius 2 is 2.00 bits per heavy atom. The van der Waals surface area contributed by atoms with Gasteiger partial charge in [-0.1, -0.05) is 12.1 Å². The number of aromatic nitrogens is 2. The van der Waals surface area contributed by atoms with Gasteiger partial charge in [0.05, 0.1) is 18.8 Å². The minimum atomic E-state index is -1.13. The zero-order chi connectivity index (χ0) is 20.0. The van der Waals surface area contributed by atoms with Gasteiger partial charge in [0.1, 0.15) is 17.1 Å². The van der Waals surface area contributed by atoms with E-state index in [9.17, 15) is 5.11 Å². The summed E-state index contributed by atoms with van der Waals surface area (Å²) in [6.45, 7) is 7.11. The van der Waals surface area contributed by atoms with Gasteiger partial charge >= 0.3 is 0 Å². The normalized spacial score (nSPS) is 13.9. The van der Waals surface area contributed by atoms with Crippen LogP contribution in [0.2, 0.25) is 0 Å². The molecule has 7 heteroatoms. The molecule has 3 N–H and O–H groups in total. The first kappa shape index (κ1) is 19.7. The number of furan rings is 1. The Morgan fingerprint density at radius 1 is 1.21 bits per heavy atom. The number of aliphatic hydroxyl groups is 1. The summed E-state index contributed by atoms with van der Waals surface area (Å²) in [4.78, 5) is 4.61. The van der Waals surface area contributed by atoms with E-state index in [-0.39, 0.29) is 6.54 Å². The van der Waals surface area contributed by atoms with Gasteiger partial charge < -0.3 is 20.2 Å². The van der Waals surface area contributed by atoms with Gasteiger partial charge in [0.15, 0.2) is 5.96 Å². The number of benzene rings is 1. The maximum Gasteiger partial charge on any atom is 0.191 e. The van der Waals surface area contributed by atoms with Crippen LogP contribution >= 0.6 is 0 Å². The molecule has 0 aliphatic carbocycles. The third-order valence-electron chi connectivity index (χ3n) is 4.34. The van der Waals surface area contributed by atoms with Gasteiger partial charge in [-0.05, 0) is 56.7 Å². The first-order valence-electron chi connectivity index (χ1n) is 9.38. The van der Waals surface area contributed by atoms with Crippen LogP contribution in [-0.4, -0.2) is 33.9 Å². The molecule has 148 valence electrons. The summed E-state index contributed by atoms with van der Waals surface area (Å²) in [7, 11) is 0. The molecule has 0 aliphatic rings. The number of rotatable bonds is 7. The Hall–Kier alpha value is -3.06. The van der Waals surface area contributed by atoms with Crippen molar-refractivity contribution in [3.63, 3.8) is 0 Å². The summed E-state index contributed by atoms with van der Waals surface area (Å²) in [6, 6.07) is 13.6. The van der Waals surface area contributed by atoms with Crippen LogP contribution in [0.1, 0.15) is 30.9 Å². The fourth-order valence-electron chi connectivity index (χ4n) is 2.75.